The molecule has 1 aromatic carbocycles. The predicted octanol–water partition coefficient (Wildman–Crippen LogP) is 2.96. The fraction of sp³-hybridized carbons (Fsp3) is 0.438. The SMILES string of the molecule is CC(C)(C)c1nnc(NC(=O)NCC2Cc3ccccc3O2)s1. The quantitative estimate of drug-likeness (QED) is 0.906. The van der Waals surface area contributed by atoms with Gasteiger partial charge >= 0.3 is 6.03 Å². The monoisotopic (exact) mass is 332 g/mol. The van der Waals surface area contributed by atoms with Gasteiger partial charge in [-0.2, -0.15) is 0 Å². The number of benzene rings is 1. The zero-order valence-corrected chi connectivity index (χ0v) is 14.2. The van der Waals surface area contributed by atoms with Gasteiger partial charge in [0.2, 0.25) is 5.13 Å². The molecule has 1 aliphatic heterocycles. The van der Waals surface area contributed by atoms with E-state index in [1.54, 1.807) is 0 Å². The van der Waals surface area contributed by atoms with Crippen molar-refractivity contribution < 1.29 is 9.53 Å². The van der Waals surface area contributed by atoms with Crippen molar-refractivity contribution in [3.8, 4) is 5.75 Å². The normalized spacial score (nSPS) is 16.6. The molecule has 0 bridgehead atoms. The Bertz CT molecular complexity index is 683. The van der Waals surface area contributed by atoms with Gasteiger partial charge in [0.25, 0.3) is 0 Å². The number of nitrogens with one attached hydrogen (secondary N) is 2. The molecule has 2 heterocycles. The van der Waals surface area contributed by atoms with E-state index >= 15 is 0 Å². The third kappa shape index (κ3) is 3.79. The third-order valence-corrected chi connectivity index (χ3v) is 4.76. The smallest absolute Gasteiger partial charge is 0.321 e. The Morgan fingerprint density at radius 1 is 1.35 bits per heavy atom. The number of hydrogen-bond donors (Lipinski definition) is 2. The maximum Gasteiger partial charge on any atom is 0.321 e. The molecule has 6 nitrogen and oxygen atoms in total. The van der Waals surface area contributed by atoms with Gasteiger partial charge in [-0.1, -0.05) is 50.3 Å². The Hall–Kier alpha value is -2.15. The van der Waals surface area contributed by atoms with Gasteiger partial charge in [0.05, 0.1) is 6.54 Å². The second kappa shape index (κ2) is 6.16. The second-order valence-corrected chi connectivity index (χ2v) is 7.53. The first-order valence-corrected chi connectivity index (χ1v) is 8.37. The van der Waals surface area contributed by atoms with Crippen LogP contribution in [0.15, 0.2) is 24.3 Å². The van der Waals surface area contributed by atoms with E-state index in [9.17, 15) is 4.79 Å². The lowest BCUT2D eigenvalue weighted by molar-refractivity contribution is 0.219. The number of para-hydroxylation sites is 1. The minimum atomic E-state index is -0.291. The van der Waals surface area contributed by atoms with E-state index in [-0.39, 0.29) is 17.6 Å². The molecule has 23 heavy (non-hydrogen) atoms. The number of hydrogen-bond acceptors (Lipinski definition) is 5. The van der Waals surface area contributed by atoms with E-state index in [2.05, 4.69) is 41.6 Å². The number of aromatic nitrogens is 2. The van der Waals surface area contributed by atoms with Crippen LogP contribution in [-0.4, -0.2) is 28.9 Å². The molecule has 3 rings (SSSR count). The van der Waals surface area contributed by atoms with Gasteiger partial charge in [-0.3, -0.25) is 5.32 Å². The van der Waals surface area contributed by atoms with Gasteiger partial charge in [0, 0.05) is 11.8 Å². The van der Waals surface area contributed by atoms with Crippen LogP contribution in [0.4, 0.5) is 9.93 Å². The van der Waals surface area contributed by atoms with Crippen LogP contribution >= 0.6 is 11.3 Å². The lowest BCUT2D eigenvalue weighted by Crippen LogP contribution is -2.37. The van der Waals surface area contributed by atoms with Crippen LogP contribution in [0.3, 0.4) is 0 Å². The van der Waals surface area contributed by atoms with Crippen molar-refractivity contribution in [2.24, 2.45) is 0 Å². The summed E-state index contributed by atoms with van der Waals surface area (Å²) in [6, 6.07) is 7.65. The summed E-state index contributed by atoms with van der Waals surface area (Å²) in [5.41, 5.74) is 1.11. The van der Waals surface area contributed by atoms with Crippen LogP contribution in [0.1, 0.15) is 31.3 Å². The number of fused-ring (bicyclic) bond motifs is 1. The van der Waals surface area contributed by atoms with Crippen LogP contribution < -0.4 is 15.4 Å². The third-order valence-electron chi connectivity index (χ3n) is 3.49. The Morgan fingerprint density at radius 2 is 2.13 bits per heavy atom. The van der Waals surface area contributed by atoms with Gasteiger partial charge in [-0.05, 0) is 11.6 Å². The number of amides is 2. The van der Waals surface area contributed by atoms with Crippen molar-refractivity contribution >= 4 is 22.5 Å². The number of urea groups is 1. The maximum absolute atomic E-state index is 12.0. The molecule has 0 aliphatic carbocycles. The van der Waals surface area contributed by atoms with Gasteiger partial charge < -0.3 is 10.1 Å². The first-order chi connectivity index (χ1) is 10.9. The molecule has 0 saturated heterocycles. The molecule has 0 spiro atoms. The minimum Gasteiger partial charge on any atom is -0.488 e. The molecule has 2 aromatic rings. The van der Waals surface area contributed by atoms with E-state index in [0.29, 0.717) is 11.7 Å². The molecular weight excluding hydrogens is 312 g/mol. The Morgan fingerprint density at radius 3 is 2.83 bits per heavy atom. The average Bonchev–Trinajstić information content (AvgIpc) is 3.10. The van der Waals surface area contributed by atoms with E-state index in [0.717, 1.165) is 17.2 Å². The second-order valence-electron chi connectivity index (χ2n) is 6.55. The summed E-state index contributed by atoms with van der Waals surface area (Å²) in [5, 5.41) is 15.0. The van der Waals surface area contributed by atoms with Gasteiger partial charge in [0.1, 0.15) is 16.9 Å². The summed E-state index contributed by atoms with van der Waals surface area (Å²) in [6.45, 7) is 6.64. The van der Waals surface area contributed by atoms with Crippen LogP contribution in [0.5, 0.6) is 5.75 Å². The van der Waals surface area contributed by atoms with Crippen molar-refractivity contribution in [3.05, 3.63) is 34.8 Å². The standard InChI is InChI=1S/C16H20N4O2S/c1-16(2,3)13-19-20-15(23-13)18-14(21)17-9-11-8-10-6-4-5-7-12(10)22-11/h4-7,11H,8-9H2,1-3H3,(H2,17,18,20,21). The molecule has 122 valence electrons. The van der Waals surface area contributed by atoms with Crippen LogP contribution in [0.2, 0.25) is 0 Å². The highest BCUT2D eigenvalue weighted by Crippen LogP contribution is 2.28. The lowest BCUT2D eigenvalue weighted by atomic mass is 9.98. The number of nitrogens with zero attached hydrogens (tertiary/aromatic N) is 2. The van der Waals surface area contributed by atoms with Crippen LogP contribution in [-0.2, 0) is 11.8 Å². The summed E-state index contributed by atoms with van der Waals surface area (Å²) in [5.74, 6) is 0.902. The molecule has 1 unspecified atom stereocenters. The van der Waals surface area contributed by atoms with E-state index in [1.165, 1.54) is 16.9 Å². The highest BCUT2D eigenvalue weighted by molar-refractivity contribution is 7.15. The highest BCUT2D eigenvalue weighted by atomic mass is 32.1. The number of carbonyl (C=O) groups is 1. The zero-order valence-electron chi connectivity index (χ0n) is 13.4. The fourth-order valence-electron chi connectivity index (χ4n) is 2.29. The number of carbonyl (C=O) groups excluding carboxylic acids is 1. The molecule has 7 heteroatoms. The summed E-state index contributed by atoms with van der Waals surface area (Å²) >= 11 is 1.39. The molecule has 0 fully saturated rings. The Kier molecular flexibility index (Phi) is 4.21. The van der Waals surface area contributed by atoms with Gasteiger partial charge in [0.15, 0.2) is 0 Å². The first kappa shape index (κ1) is 15.7. The molecule has 2 amide bonds. The largest absolute Gasteiger partial charge is 0.488 e. The first-order valence-electron chi connectivity index (χ1n) is 7.55. The molecule has 1 aliphatic rings. The van der Waals surface area contributed by atoms with Crippen LogP contribution in [0, 0.1) is 0 Å². The van der Waals surface area contributed by atoms with E-state index in [1.807, 2.05) is 24.3 Å². The zero-order chi connectivity index (χ0) is 16.4. The van der Waals surface area contributed by atoms with Crippen molar-refractivity contribution in [2.45, 2.75) is 38.7 Å². The average molecular weight is 332 g/mol. The fourth-order valence-corrected chi connectivity index (χ4v) is 3.09. The molecular formula is C16H20N4O2S. The summed E-state index contributed by atoms with van der Waals surface area (Å²) in [4.78, 5) is 12.0. The van der Waals surface area contributed by atoms with Crippen molar-refractivity contribution in [3.63, 3.8) is 0 Å². The molecule has 2 N–H and O–H groups in total. The van der Waals surface area contributed by atoms with Crippen molar-refractivity contribution in [1.82, 2.24) is 15.5 Å². The van der Waals surface area contributed by atoms with Crippen molar-refractivity contribution in [1.29, 1.82) is 0 Å². The Balaban J connectivity index is 1.48. The summed E-state index contributed by atoms with van der Waals surface area (Å²) in [6.07, 6.45) is 0.779. The minimum absolute atomic E-state index is 0.0299. The number of anilines is 1. The highest BCUT2D eigenvalue weighted by Gasteiger charge is 2.23. The predicted molar refractivity (Wildman–Crippen MR) is 90.2 cm³/mol. The summed E-state index contributed by atoms with van der Waals surface area (Å²) in [7, 11) is 0. The summed E-state index contributed by atoms with van der Waals surface area (Å²) < 4.78 is 5.79. The molecule has 1 aromatic heterocycles. The van der Waals surface area contributed by atoms with Crippen LogP contribution in [0.25, 0.3) is 0 Å². The van der Waals surface area contributed by atoms with Gasteiger partial charge in [-0.25, -0.2) is 4.79 Å². The topological polar surface area (TPSA) is 76.1 Å². The molecule has 0 saturated carbocycles. The molecule has 0 radical (unpaired) electrons. The van der Waals surface area contributed by atoms with E-state index in [4.69, 9.17) is 4.74 Å². The van der Waals surface area contributed by atoms with Crippen molar-refractivity contribution in [2.75, 3.05) is 11.9 Å². The maximum atomic E-state index is 12.0. The lowest BCUT2D eigenvalue weighted by Gasteiger charge is -2.12. The van der Waals surface area contributed by atoms with Gasteiger partial charge in [-0.15, -0.1) is 10.2 Å². The molecule has 1 atom stereocenters. The number of rotatable bonds is 3. The number of ether oxygens (including phenoxy) is 1. The Labute approximate surface area is 139 Å². The van der Waals surface area contributed by atoms with E-state index < -0.39 is 0 Å².